The van der Waals surface area contributed by atoms with Crippen LogP contribution in [0.15, 0.2) is 81.6 Å². The van der Waals surface area contributed by atoms with Gasteiger partial charge in [0, 0.05) is 151 Å². The molecule has 0 bridgehead atoms. The molecule has 0 atom stereocenters. The lowest BCUT2D eigenvalue weighted by Crippen LogP contribution is -2.35. The normalized spacial score (nSPS) is 18.8. The van der Waals surface area contributed by atoms with Crippen molar-refractivity contribution in [3.05, 3.63) is 143 Å². The lowest BCUT2D eigenvalue weighted by molar-refractivity contribution is 0.203. The smallest absolute Gasteiger partial charge is 0.252 e. The largest absolute Gasteiger partial charge is 0.347 e. The van der Waals surface area contributed by atoms with Crippen LogP contribution in [0.25, 0.3) is 0 Å². The highest BCUT2D eigenvalue weighted by Crippen LogP contribution is 2.31. The number of rotatable bonds is 14. The molecule has 458 valence electrons. The van der Waals surface area contributed by atoms with E-state index in [2.05, 4.69) is 95.5 Å². The predicted octanol–water partition coefficient (Wildman–Crippen LogP) is 8.57. The van der Waals surface area contributed by atoms with Crippen LogP contribution in [0.3, 0.4) is 0 Å². The predicted molar refractivity (Wildman–Crippen MR) is 340 cm³/mol. The highest BCUT2D eigenvalue weighted by atomic mass is 16.1. The molecule has 85 heavy (non-hydrogen) atoms. The van der Waals surface area contributed by atoms with Gasteiger partial charge < -0.3 is 19.6 Å². The first-order valence-electron chi connectivity index (χ1n) is 31.6. The maximum atomic E-state index is 12.2. The lowest BCUT2D eigenvalue weighted by Gasteiger charge is -2.32. The van der Waals surface area contributed by atoms with Gasteiger partial charge in [0.15, 0.2) is 0 Å². The van der Waals surface area contributed by atoms with Crippen molar-refractivity contribution in [3.63, 3.8) is 0 Å². The fourth-order valence-corrected chi connectivity index (χ4v) is 12.7. The van der Waals surface area contributed by atoms with Gasteiger partial charge in [0.05, 0.1) is 17.1 Å². The van der Waals surface area contributed by atoms with E-state index in [4.69, 9.17) is 15.0 Å². The quantitative estimate of drug-likeness (QED) is 0.0932. The standard InChI is InChI=1S/C22H31N5O.C21H31N7O.C21H29N5O.CH4/c1-2-19-7-6-17(15-23-19)16-26-12-8-18(9-13-26)20-14-21(28)25-22(24-20)27-10-4-3-5-11-27;1-26(2)20-22-13-16(14-23-20)15-27-10-6-17(7-11-27)18-12-19(29)25-21(24-18)28-8-4-3-5-9-28;1-16-5-6-17(14-22-16)15-25-11-7-18(8-12-25)19-13-20(27)24-21(23-19)26-9-3-2-4-10-26;/h6-7,14-15,18H,2-5,8-13,16H2,1H3,(H,24,25,28);12-14,17H,3-11,15H2,1-2H3,(H,24,25,29);5-6,13-14,18H,2-4,7-12,15H2,1H3,(H,23,24,27);1H4. The zero-order valence-electron chi connectivity index (χ0n) is 50.5. The Morgan fingerprint density at radius 3 is 1.11 bits per heavy atom. The van der Waals surface area contributed by atoms with E-state index in [1.807, 2.05) is 50.7 Å². The molecule has 0 radical (unpaired) electrons. The number of piperidine rings is 6. The highest BCUT2D eigenvalue weighted by molar-refractivity contribution is 5.34. The fraction of sp³-hybridized carbons (Fsp3) is 0.600. The number of likely N-dealkylation sites (tertiary alicyclic amines) is 3. The van der Waals surface area contributed by atoms with Crippen molar-refractivity contribution in [2.24, 2.45) is 0 Å². The van der Waals surface area contributed by atoms with Crippen molar-refractivity contribution >= 4 is 23.8 Å². The summed E-state index contributed by atoms with van der Waals surface area (Å²) in [5.74, 6) is 4.14. The monoisotopic (exact) mass is 1160 g/mol. The summed E-state index contributed by atoms with van der Waals surface area (Å²) >= 11 is 0. The van der Waals surface area contributed by atoms with Crippen LogP contribution in [0.1, 0.15) is 174 Å². The maximum Gasteiger partial charge on any atom is 0.252 e. The van der Waals surface area contributed by atoms with Gasteiger partial charge in [0.1, 0.15) is 0 Å². The highest BCUT2D eigenvalue weighted by Gasteiger charge is 2.27. The number of anilines is 4. The van der Waals surface area contributed by atoms with Crippen LogP contribution in [0.2, 0.25) is 0 Å². The average molecular weight is 1160 g/mol. The van der Waals surface area contributed by atoms with Gasteiger partial charge in [0.25, 0.3) is 16.7 Å². The zero-order valence-corrected chi connectivity index (χ0v) is 50.5. The molecule has 3 N–H and O–H groups in total. The second-order valence-electron chi connectivity index (χ2n) is 24.4. The minimum atomic E-state index is -0.0314. The molecule has 0 amide bonds. The fourth-order valence-electron chi connectivity index (χ4n) is 12.7. The molecule has 0 saturated carbocycles. The van der Waals surface area contributed by atoms with Crippen LogP contribution in [0.5, 0.6) is 0 Å². The van der Waals surface area contributed by atoms with Crippen molar-refractivity contribution in [2.75, 3.05) is 112 Å². The molecule has 6 aromatic heterocycles. The van der Waals surface area contributed by atoms with Crippen LogP contribution in [0.4, 0.5) is 23.8 Å². The number of H-pyrrole nitrogens is 3. The second-order valence-corrected chi connectivity index (χ2v) is 24.4. The number of aromatic amines is 3. The number of aromatic nitrogens is 10. The van der Waals surface area contributed by atoms with E-state index in [0.717, 1.165) is 201 Å². The number of nitrogens with zero attached hydrogens (tertiary/aromatic N) is 14. The van der Waals surface area contributed by atoms with E-state index < -0.39 is 0 Å². The Morgan fingerprint density at radius 1 is 0.447 bits per heavy atom. The lowest BCUT2D eigenvalue weighted by atomic mass is 9.93. The molecule has 12 rings (SSSR count). The Morgan fingerprint density at radius 2 is 0.788 bits per heavy atom. The van der Waals surface area contributed by atoms with Gasteiger partial charge in [-0.1, -0.05) is 26.5 Å². The second kappa shape index (κ2) is 31.0. The number of pyridine rings is 2. The molecule has 12 heterocycles. The summed E-state index contributed by atoms with van der Waals surface area (Å²) in [4.78, 5) is 93.7. The Balaban J connectivity index is 0.000000152. The van der Waals surface area contributed by atoms with Gasteiger partial charge in [-0.25, -0.2) is 24.9 Å². The van der Waals surface area contributed by atoms with Crippen molar-refractivity contribution in [1.29, 1.82) is 0 Å². The minimum absolute atomic E-state index is 0. The Labute approximate surface area is 503 Å². The summed E-state index contributed by atoms with van der Waals surface area (Å²) in [7, 11) is 3.89. The van der Waals surface area contributed by atoms with Gasteiger partial charge in [-0.05, 0) is 172 Å². The van der Waals surface area contributed by atoms with Crippen LogP contribution >= 0.6 is 0 Å². The van der Waals surface area contributed by atoms with E-state index in [-0.39, 0.29) is 24.1 Å². The molecule has 0 aromatic carbocycles. The number of aryl methyl sites for hydroxylation is 2. The first-order chi connectivity index (χ1) is 41.0. The Hall–Kier alpha value is -6.90. The molecule has 6 saturated heterocycles. The third kappa shape index (κ3) is 18.1. The van der Waals surface area contributed by atoms with Gasteiger partial charge >= 0.3 is 0 Å². The average Bonchev–Trinajstić information content (AvgIpc) is 3.63. The van der Waals surface area contributed by atoms with Crippen molar-refractivity contribution in [1.82, 2.24) is 64.5 Å². The summed E-state index contributed by atoms with van der Waals surface area (Å²) in [5.41, 5.74) is 8.70. The molecular weight excluding hydrogens is 1070 g/mol. The molecule has 0 unspecified atom stereocenters. The van der Waals surface area contributed by atoms with Crippen LogP contribution in [0, 0.1) is 6.92 Å². The van der Waals surface area contributed by atoms with Gasteiger partial charge in [-0.15, -0.1) is 0 Å². The first-order valence-corrected chi connectivity index (χ1v) is 31.6. The van der Waals surface area contributed by atoms with Crippen LogP contribution < -0.4 is 36.3 Å². The zero-order chi connectivity index (χ0) is 58.2. The molecule has 20 heteroatoms. The number of nitrogens with one attached hydrogen (secondary N) is 3. The topological polar surface area (TPSA) is 211 Å². The third-order valence-electron chi connectivity index (χ3n) is 17.8. The summed E-state index contributed by atoms with van der Waals surface area (Å²) in [5, 5.41) is 0. The van der Waals surface area contributed by atoms with E-state index in [1.54, 1.807) is 18.2 Å². The van der Waals surface area contributed by atoms with Gasteiger partial charge in [-0.2, -0.15) is 0 Å². The Bertz CT molecular complexity index is 3140. The first kappa shape index (κ1) is 62.6. The van der Waals surface area contributed by atoms with Gasteiger partial charge in [-0.3, -0.25) is 54.0 Å². The van der Waals surface area contributed by atoms with Crippen molar-refractivity contribution in [3.8, 4) is 0 Å². The van der Waals surface area contributed by atoms with E-state index in [1.165, 1.54) is 68.9 Å². The number of hydrogen-bond donors (Lipinski definition) is 3. The summed E-state index contributed by atoms with van der Waals surface area (Å²) in [6.07, 6.45) is 25.9. The molecule has 6 aliphatic heterocycles. The molecule has 20 nitrogen and oxygen atoms in total. The molecular formula is C65H95N17O3. The minimum Gasteiger partial charge on any atom is -0.347 e. The maximum absolute atomic E-state index is 12.2. The van der Waals surface area contributed by atoms with E-state index >= 15 is 0 Å². The number of hydrogen-bond acceptors (Lipinski definition) is 17. The van der Waals surface area contributed by atoms with Crippen molar-refractivity contribution in [2.45, 2.75) is 161 Å². The summed E-state index contributed by atoms with van der Waals surface area (Å²) in [6.45, 7) is 19.0. The SMILES string of the molecule is C.CCc1ccc(CN2CCC(c3cc(=O)[nH]c(N4CCCCC4)n3)CC2)cn1.CN(C)c1ncc(CN2CCC(c3cc(=O)[nH]c(N4CCCCC4)n3)CC2)cn1.Cc1ccc(CN2CCC(c3cc(=O)[nH]c(N4CCCCC4)n3)CC2)cn1. The molecule has 6 fully saturated rings. The molecule has 0 spiro atoms. The van der Waals surface area contributed by atoms with Gasteiger partial charge in [0.2, 0.25) is 23.8 Å². The Kier molecular flexibility index (Phi) is 22.8. The summed E-state index contributed by atoms with van der Waals surface area (Å²) < 4.78 is 0. The molecule has 6 aromatic rings. The molecule has 0 aliphatic carbocycles. The molecule has 6 aliphatic rings. The van der Waals surface area contributed by atoms with E-state index in [9.17, 15) is 14.4 Å². The van der Waals surface area contributed by atoms with Crippen LogP contribution in [-0.4, -0.2) is 157 Å². The third-order valence-corrected chi connectivity index (χ3v) is 17.8. The summed E-state index contributed by atoms with van der Waals surface area (Å²) in [6, 6.07) is 13.7. The van der Waals surface area contributed by atoms with E-state index in [0.29, 0.717) is 17.8 Å². The van der Waals surface area contributed by atoms with Crippen molar-refractivity contribution < 1.29 is 0 Å². The van der Waals surface area contributed by atoms with Crippen LogP contribution in [-0.2, 0) is 26.1 Å².